The van der Waals surface area contributed by atoms with Gasteiger partial charge in [-0.15, -0.1) is 0 Å². The number of nitrogens with one attached hydrogen (secondary N) is 3. The first-order valence-corrected chi connectivity index (χ1v) is 10.7. The van der Waals surface area contributed by atoms with Crippen molar-refractivity contribution in [1.29, 1.82) is 0 Å². The molecule has 9 heteroatoms. The summed E-state index contributed by atoms with van der Waals surface area (Å²) in [6, 6.07) is 14.8. The Morgan fingerprint density at radius 1 is 1.12 bits per heavy atom. The number of ether oxygens (including phenoxy) is 1. The Balaban J connectivity index is 1.33. The van der Waals surface area contributed by atoms with Crippen LogP contribution in [0.4, 0.5) is 16.3 Å². The van der Waals surface area contributed by atoms with E-state index in [0.29, 0.717) is 22.8 Å². The van der Waals surface area contributed by atoms with Crippen molar-refractivity contribution >= 4 is 23.4 Å². The summed E-state index contributed by atoms with van der Waals surface area (Å²) < 4.78 is 5.38. The first-order chi connectivity index (χ1) is 16.1. The average molecular weight is 447 g/mol. The van der Waals surface area contributed by atoms with Crippen LogP contribution >= 0.6 is 0 Å². The predicted molar refractivity (Wildman–Crippen MR) is 125 cm³/mol. The SMILES string of the molecule is COc1cc(C(=O)N[C@H]2CCN(Cc3ccccc3)C2)ccc1NC(=O)Nc1cnccn1. The van der Waals surface area contributed by atoms with Gasteiger partial charge in [0.25, 0.3) is 5.91 Å². The van der Waals surface area contributed by atoms with Crippen molar-refractivity contribution in [1.82, 2.24) is 20.2 Å². The van der Waals surface area contributed by atoms with Crippen LogP contribution in [-0.2, 0) is 6.54 Å². The number of nitrogens with zero attached hydrogens (tertiary/aromatic N) is 3. The molecular formula is C24H26N6O3. The Kier molecular flexibility index (Phi) is 7.11. The second kappa shape index (κ2) is 10.6. The Bertz CT molecular complexity index is 1090. The molecule has 170 valence electrons. The van der Waals surface area contributed by atoms with E-state index in [4.69, 9.17) is 4.74 Å². The Hall–Kier alpha value is -3.98. The van der Waals surface area contributed by atoms with Crippen molar-refractivity contribution in [3.8, 4) is 5.75 Å². The number of benzene rings is 2. The number of aromatic nitrogens is 2. The van der Waals surface area contributed by atoms with Crippen molar-refractivity contribution < 1.29 is 14.3 Å². The lowest BCUT2D eigenvalue weighted by Crippen LogP contribution is -2.37. The zero-order valence-corrected chi connectivity index (χ0v) is 18.3. The summed E-state index contributed by atoms with van der Waals surface area (Å²) in [5, 5.41) is 8.39. The van der Waals surface area contributed by atoms with E-state index >= 15 is 0 Å². The molecule has 0 saturated carbocycles. The third-order valence-corrected chi connectivity index (χ3v) is 5.37. The van der Waals surface area contributed by atoms with Gasteiger partial charge in [0.05, 0.1) is 19.0 Å². The molecule has 0 spiro atoms. The van der Waals surface area contributed by atoms with Crippen LogP contribution in [0.1, 0.15) is 22.3 Å². The van der Waals surface area contributed by atoms with E-state index in [2.05, 4.69) is 43.0 Å². The Labute approximate surface area is 192 Å². The summed E-state index contributed by atoms with van der Waals surface area (Å²) >= 11 is 0. The van der Waals surface area contributed by atoms with Crippen LogP contribution in [0.25, 0.3) is 0 Å². The fraction of sp³-hybridized carbons (Fsp3) is 0.250. The highest BCUT2D eigenvalue weighted by molar-refractivity contribution is 6.01. The molecule has 4 rings (SSSR count). The molecule has 0 aliphatic carbocycles. The number of amides is 3. The minimum Gasteiger partial charge on any atom is -0.495 e. The van der Waals surface area contributed by atoms with Gasteiger partial charge in [0.1, 0.15) is 5.75 Å². The van der Waals surface area contributed by atoms with Gasteiger partial charge in [-0.1, -0.05) is 30.3 Å². The first kappa shape index (κ1) is 22.2. The van der Waals surface area contributed by atoms with Gasteiger partial charge >= 0.3 is 6.03 Å². The van der Waals surface area contributed by atoms with Crippen molar-refractivity contribution in [2.45, 2.75) is 19.0 Å². The number of rotatable bonds is 7. The maximum Gasteiger partial charge on any atom is 0.324 e. The number of anilines is 2. The number of likely N-dealkylation sites (tertiary alicyclic amines) is 1. The normalized spacial score (nSPS) is 15.6. The number of carbonyl (C=O) groups is 2. The van der Waals surface area contributed by atoms with Crippen molar-refractivity contribution in [2.75, 3.05) is 30.8 Å². The van der Waals surface area contributed by atoms with Crippen LogP contribution in [0.5, 0.6) is 5.75 Å². The predicted octanol–water partition coefficient (Wildman–Crippen LogP) is 3.13. The van der Waals surface area contributed by atoms with E-state index in [-0.39, 0.29) is 11.9 Å². The van der Waals surface area contributed by atoms with Gasteiger partial charge in [-0.2, -0.15) is 0 Å². The van der Waals surface area contributed by atoms with Gasteiger partial charge in [-0.3, -0.25) is 20.0 Å². The molecule has 0 bridgehead atoms. The number of hydrogen-bond acceptors (Lipinski definition) is 6. The van der Waals surface area contributed by atoms with Gasteiger partial charge in [0.15, 0.2) is 5.82 Å². The van der Waals surface area contributed by atoms with Crippen LogP contribution in [0.2, 0.25) is 0 Å². The summed E-state index contributed by atoms with van der Waals surface area (Å²) in [6.45, 7) is 2.62. The summed E-state index contributed by atoms with van der Waals surface area (Å²) in [5.74, 6) is 0.535. The summed E-state index contributed by atoms with van der Waals surface area (Å²) in [7, 11) is 1.49. The van der Waals surface area contributed by atoms with Crippen molar-refractivity contribution in [3.05, 3.63) is 78.2 Å². The quantitative estimate of drug-likeness (QED) is 0.515. The number of methoxy groups -OCH3 is 1. The van der Waals surface area contributed by atoms with Gasteiger partial charge in [0, 0.05) is 43.6 Å². The molecule has 2 aromatic carbocycles. The smallest absolute Gasteiger partial charge is 0.324 e. The molecule has 2 heterocycles. The molecule has 1 saturated heterocycles. The van der Waals surface area contributed by atoms with E-state index < -0.39 is 6.03 Å². The van der Waals surface area contributed by atoms with Gasteiger partial charge in [-0.25, -0.2) is 9.78 Å². The molecule has 3 amide bonds. The molecular weight excluding hydrogens is 420 g/mol. The standard InChI is InChI=1S/C24H26N6O3/c1-33-21-13-18(7-8-20(21)28-24(32)29-22-14-25-10-11-26-22)23(31)27-19-9-12-30(16-19)15-17-5-3-2-4-6-17/h2-8,10-11,13-14,19H,9,12,15-16H2,1H3,(H,27,31)(H2,26,28,29,32)/t19-/m0/s1. The third-order valence-electron chi connectivity index (χ3n) is 5.37. The lowest BCUT2D eigenvalue weighted by molar-refractivity contribution is 0.0937. The van der Waals surface area contributed by atoms with Crippen LogP contribution in [-0.4, -0.2) is 53.0 Å². The Morgan fingerprint density at radius 3 is 2.73 bits per heavy atom. The maximum absolute atomic E-state index is 12.8. The highest BCUT2D eigenvalue weighted by atomic mass is 16.5. The van der Waals surface area contributed by atoms with E-state index in [1.54, 1.807) is 18.2 Å². The first-order valence-electron chi connectivity index (χ1n) is 10.7. The van der Waals surface area contributed by atoms with Crippen LogP contribution < -0.4 is 20.7 Å². The molecule has 3 aromatic rings. The van der Waals surface area contributed by atoms with Gasteiger partial charge < -0.3 is 15.4 Å². The fourth-order valence-electron chi connectivity index (χ4n) is 3.77. The van der Waals surface area contributed by atoms with Crippen LogP contribution in [0, 0.1) is 0 Å². The minimum absolute atomic E-state index is 0.0859. The molecule has 1 aliphatic heterocycles. The van der Waals surface area contributed by atoms with E-state index in [1.165, 1.54) is 31.3 Å². The average Bonchev–Trinajstić information content (AvgIpc) is 3.27. The van der Waals surface area contributed by atoms with Crippen LogP contribution in [0.15, 0.2) is 67.1 Å². The molecule has 0 unspecified atom stereocenters. The van der Waals surface area contributed by atoms with E-state index in [9.17, 15) is 9.59 Å². The second-order valence-corrected chi connectivity index (χ2v) is 7.76. The van der Waals surface area contributed by atoms with Gasteiger partial charge in [0.2, 0.25) is 0 Å². The van der Waals surface area contributed by atoms with E-state index in [1.807, 2.05) is 18.2 Å². The molecule has 1 fully saturated rings. The number of carbonyl (C=O) groups excluding carboxylic acids is 2. The van der Waals surface area contributed by atoms with E-state index in [0.717, 1.165) is 26.1 Å². The van der Waals surface area contributed by atoms with Gasteiger partial charge in [-0.05, 0) is 30.2 Å². The molecule has 3 N–H and O–H groups in total. The highest BCUT2D eigenvalue weighted by Crippen LogP contribution is 2.26. The minimum atomic E-state index is -0.490. The molecule has 1 aliphatic rings. The largest absolute Gasteiger partial charge is 0.495 e. The maximum atomic E-state index is 12.8. The lowest BCUT2D eigenvalue weighted by atomic mass is 10.1. The summed E-state index contributed by atoms with van der Waals surface area (Å²) in [4.78, 5) is 35.3. The van der Waals surface area contributed by atoms with Crippen molar-refractivity contribution in [3.63, 3.8) is 0 Å². The zero-order chi connectivity index (χ0) is 23.0. The lowest BCUT2D eigenvalue weighted by Gasteiger charge is -2.17. The second-order valence-electron chi connectivity index (χ2n) is 7.76. The topological polar surface area (TPSA) is 108 Å². The Morgan fingerprint density at radius 2 is 1.97 bits per heavy atom. The fourth-order valence-corrected chi connectivity index (χ4v) is 3.77. The summed E-state index contributed by atoms with van der Waals surface area (Å²) in [5.41, 5.74) is 2.17. The zero-order valence-electron chi connectivity index (χ0n) is 18.3. The molecule has 9 nitrogen and oxygen atoms in total. The number of urea groups is 1. The number of hydrogen-bond donors (Lipinski definition) is 3. The molecule has 1 aromatic heterocycles. The molecule has 0 radical (unpaired) electrons. The highest BCUT2D eigenvalue weighted by Gasteiger charge is 2.24. The molecule has 33 heavy (non-hydrogen) atoms. The molecule has 1 atom stereocenters. The third kappa shape index (κ3) is 6.05. The van der Waals surface area contributed by atoms with Crippen molar-refractivity contribution in [2.24, 2.45) is 0 Å². The summed E-state index contributed by atoms with van der Waals surface area (Å²) in [6.07, 6.45) is 5.34. The van der Waals surface area contributed by atoms with Crippen LogP contribution in [0.3, 0.4) is 0 Å². The monoisotopic (exact) mass is 446 g/mol.